The van der Waals surface area contributed by atoms with Crippen molar-refractivity contribution in [1.29, 1.82) is 0 Å². The molecular weight excluding hydrogens is 444 g/mol. The van der Waals surface area contributed by atoms with Crippen LogP contribution in [-0.2, 0) is 17.9 Å². The fraction of sp³-hybridized carbons (Fsp3) is 0.296. The standard InChI is InChI=1S/C27H28N4O4/c32-26-27(30(20-28-26)23-7-2-1-3-8-23)13-15-29(16-14-27)18-21-5-4-6-22(17-21)19-35-25-11-9-24(10-12-25)31(33)34/h1-12,17H,13-16,18-20H2,(H,28,32). The Balaban J connectivity index is 1.18. The van der Waals surface area contributed by atoms with Gasteiger partial charge in [-0.05, 0) is 48.2 Å². The second-order valence-electron chi connectivity index (χ2n) is 9.09. The van der Waals surface area contributed by atoms with Crippen molar-refractivity contribution in [3.05, 3.63) is 100 Å². The largest absolute Gasteiger partial charge is 0.489 e. The van der Waals surface area contributed by atoms with Crippen LogP contribution >= 0.6 is 0 Å². The minimum Gasteiger partial charge on any atom is -0.489 e. The maximum atomic E-state index is 12.9. The van der Waals surface area contributed by atoms with E-state index in [9.17, 15) is 14.9 Å². The number of piperidine rings is 1. The van der Waals surface area contributed by atoms with Gasteiger partial charge < -0.3 is 15.0 Å². The molecule has 0 unspecified atom stereocenters. The van der Waals surface area contributed by atoms with Crippen molar-refractivity contribution >= 4 is 17.3 Å². The number of likely N-dealkylation sites (tertiary alicyclic amines) is 1. The Morgan fingerprint density at radius 3 is 2.37 bits per heavy atom. The third-order valence-corrected chi connectivity index (χ3v) is 6.94. The Labute approximate surface area is 204 Å². The van der Waals surface area contributed by atoms with Crippen LogP contribution in [0.25, 0.3) is 0 Å². The van der Waals surface area contributed by atoms with E-state index in [1.807, 2.05) is 30.3 Å². The average molecular weight is 473 g/mol. The third-order valence-electron chi connectivity index (χ3n) is 6.94. The number of hydrogen-bond donors (Lipinski definition) is 1. The normalized spacial score (nSPS) is 17.4. The van der Waals surface area contributed by atoms with Gasteiger partial charge in [0.2, 0.25) is 5.91 Å². The second-order valence-corrected chi connectivity index (χ2v) is 9.09. The molecule has 0 aliphatic carbocycles. The molecule has 3 aromatic carbocycles. The highest BCUT2D eigenvalue weighted by atomic mass is 16.6. The number of para-hydroxylation sites is 1. The Morgan fingerprint density at radius 2 is 1.66 bits per heavy atom. The Bertz CT molecular complexity index is 1190. The lowest BCUT2D eigenvalue weighted by Gasteiger charge is -2.43. The smallest absolute Gasteiger partial charge is 0.269 e. The highest BCUT2D eigenvalue weighted by Gasteiger charge is 2.50. The van der Waals surface area contributed by atoms with Crippen LogP contribution in [0, 0.1) is 10.1 Å². The van der Waals surface area contributed by atoms with Crippen molar-refractivity contribution in [3.8, 4) is 5.75 Å². The minimum absolute atomic E-state index is 0.0460. The van der Waals surface area contributed by atoms with Crippen LogP contribution in [0.15, 0.2) is 78.9 Å². The van der Waals surface area contributed by atoms with Gasteiger partial charge >= 0.3 is 0 Å². The molecule has 2 fully saturated rings. The first-order valence-electron chi connectivity index (χ1n) is 11.8. The van der Waals surface area contributed by atoms with E-state index in [1.54, 1.807) is 12.1 Å². The van der Waals surface area contributed by atoms with Gasteiger partial charge in [0.15, 0.2) is 0 Å². The number of nitrogens with one attached hydrogen (secondary N) is 1. The second kappa shape index (κ2) is 9.76. The number of ether oxygens (including phenoxy) is 1. The van der Waals surface area contributed by atoms with Gasteiger partial charge in [0.05, 0.1) is 11.6 Å². The fourth-order valence-corrected chi connectivity index (χ4v) is 5.02. The van der Waals surface area contributed by atoms with E-state index in [-0.39, 0.29) is 11.6 Å². The molecule has 8 nitrogen and oxygen atoms in total. The molecule has 5 rings (SSSR count). The summed E-state index contributed by atoms with van der Waals surface area (Å²) in [6.07, 6.45) is 1.58. The van der Waals surface area contributed by atoms with E-state index in [0.717, 1.165) is 43.7 Å². The van der Waals surface area contributed by atoms with Crippen LogP contribution in [-0.4, -0.2) is 41.0 Å². The van der Waals surface area contributed by atoms with Crippen molar-refractivity contribution in [2.45, 2.75) is 31.5 Å². The molecule has 0 atom stereocenters. The maximum Gasteiger partial charge on any atom is 0.269 e. The summed E-state index contributed by atoms with van der Waals surface area (Å²) < 4.78 is 5.81. The number of carbonyl (C=O) groups excluding carboxylic acids is 1. The molecule has 35 heavy (non-hydrogen) atoms. The number of nitro benzene ring substituents is 1. The number of rotatable bonds is 7. The van der Waals surface area contributed by atoms with E-state index >= 15 is 0 Å². The number of anilines is 1. The zero-order valence-corrected chi connectivity index (χ0v) is 19.4. The lowest BCUT2D eigenvalue weighted by atomic mass is 9.85. The molecule has 0 bridgehead atoms. The first-order chi connectivity index (χ1) is 17.0. The molecule has 3 aromatic rings. The zero-order valence-electron chi connectivity index (χ0n) is 19.4. The van der Waals surface area contributed by atoms with E-state index in [2.05, 4.69) is 39.4 Å². The molecule has 8 heteroatoms. The average Bonchev–Trinajstić information content (AvgIpc) is 3.20. The fourth-order valence-electron chi connectivity index (χ4n) is 5.02. The number of carbonyl (C=O) groups is 1. The van der Waals surface area contributed by atoms with Crippen LogP contribution in [0.5, 0.6) is 5.75 Å². The van der Waals surface area contributed by atoms with Crippen molar-refractivity contribution in [3.63, 3.8) is 0 Å². The van der Waals surface area contributed by atoms with Gasteiger partial charge in [0.25, 0.3) is 5.69 Å². The molecule has 2 aliphatic rings. The molecule has 0 radical (unpaired) electrons. The van der Waals surface area contributed by atoms with Gasteiger partial charge in [-0.2, -0.15) is 0 Å². The van der Waals surface area contributed by atoms with E-state index in [0.29, 0.717) is 19.0 Å². The molecule has 180 valence electrons. The van der Waals surface area contributed by atoms with Crippen molar-refractivity contribution in [1.82, 2.24) is 10.2 Å². The van der Waals surface area contributed by atoms with Gasteiger partial charge in [0, 0.05) is 37.5 Å². The molecule has 2 saturated heterocycles. The van der Waals surface area contributed by atoms with Crippen molar-refractivity contribution < 1.29 is 14.5 Å². The Hall–Kier alpha value is -3.91. The predicted octanol–water partition coefficient (Wildman–Crippen LogP) is 4.10. The predicted molar refractivity (Wildman–Crippen MR) is 133 cm³/mol. The number of amides is 1. The summed E-state index contributed by atoms with van der Waals surface area (Å²) in [5.41, 5.74) is 2.89. The molecular formula is C27H28N4O4. The Kier molecular flexibility index (Phi) is 6.37. The highest BCUT2D eigenvalue weighted by Crippen LogP contribution is 2.36. The van der Waals surface area contributed by atoms with Gasteiger partial charge in [-0.3, -0.25) is 19.8 Å². The number of nitrogens with zero attached hydrogens (tertiary/aromatic N) is 3. The third kappa shape index (κ3) is 4.83. The summed E-state index contributed by atoms with van der Waals surface area (Å²) in [7, 11) is 0. The lowest BCUT2D eigenvalue weighted by molar-refractivity contribution is -0.384. The topological polar surface area (TPSA) is 88.0 Å². The monoisotopic (exact) mass is 472 g/mol. The first kappa shape index (κ1) is 22.9. The number of non-ortho nitro benzene ring substituents is 1. The summed E-state index contributed by atoms with van der Waals surface area (Å²) in [5.74, 6) is 0.728. The lowest BCUT2D eigenvalue weighted by Crippen LogP contribution is -2.56. The minimum atomic E-state index is -0.474. The summed E-state index contributed by atoms with van der Waals surface area (Å²) >= 11 is 0. The summed E-state index contributed by atoms with van der Waals surface area (Å²) in [4.78, 5) is 27.9. The van der Waals surface area contributed by atoms with E-state index < -0.39 is 10.5 Å². The van der Waals surface area contributed by atoms with Crippen molar-refractivity contribution in [2.75, 3.05) is 24.7 Å². The first-order valence-corrected chi connectivity index (χ1v) is 11.8. The van der Waals surface area contributed by atoms with Crippen LogP contribution in [0.1, 0.15) is 24.0 Å². The van der Waals surface area contributed by atoms with E-state index in [1.165, 1.54) is 17.7 Å². The summed E-state index contributed by atoms with van der Waals surface area (Å²) in [6, 6.07) is 24.6. The zero-order chi connectivity index (χ0) is 24.3. The van der Waals surface area contributed by atoms with Crippen LogP contribution < -0.4 is 15.0 Å². The van der Waals surface area contributed by atoms with Gasteiger partial charge in [-0.15, -0.1) is 0 Å². The molecule has 1 amide bonds. The molecule has 2 aliphatic heterocycles. The number of nitro groups is 1. The van der Waals surface area contributed by atoms with Gasteiger partial charge in [0.1, 0.15) is 17.9 Å². The SMILES string of the molecule is O=C1NCN(c2ccccc2)C12CCN(Cc1cccc(COc3ccc([N+](=O)[O-])cc3)c1)CC2. The van der Waals surface area contributed by atoms with Crippen LogP contribution in [0.2, 0.25) is 0 Å². The van der Waals surface area contributed by atoms with Crippen LogP contribution in [0.4, 0.5) is 11.4 Å². The molecule has 0 saturated carbocycles. The maximum absolute atomic E-state index is 12.9. The quantitative estimate of drug-likeness (QED) is 0.411. The summed E-state index contributed by atoms with van der Waals surface area (Å²) in [5, 5.41) is 13.9. The van der Waals surface area contributed by atoms with Gasteiger partial charge in [-0.1, -0.05) is 42.5 Å². The number of hydrogen-bond acceptors (Lipinski definition) is 6. The van der Waals surface area contributed by atoms with E-state index in [4.69, 9.17) is 4.74 Å². The van der Waals surface area contributed by atoms with Gasteiger partial charge in [-0.25, -0.2) is 0 Å². The summed E-state index contributed by atoms with van der Waals surface area (Å²) in [6.45, 7) is 3.45. The molecule has 1 spiro atoms. The molecule has 0 aromatic heterocycles. The molecule has 1 N–H and O–H groups in total. The van der Waals surface area contributed by atoms with Crippen molar-refractivity contribution in [2.24, 2.45) is 0 Å². The highest BCUT2D eigenvalue weighted by molar-refractivity contribution is 5.93. The Morgan fingerprint density at radius 1 is 0.943 bits per heavy atom. The number of benzene rings is 3. The van der Waals surface area contributed by atoms with Crippen LogP contribution in [0.3, 0.4) is 0 Å². The molecule has 2 heterocycles.